The third-order valence-electron chi connectivity index (χ3n) is 4.68. The molecule has 120 valence electrons. The van der Waals surface area contributed by atoms with Gasteiger partial charge in [-0.25, -0.2) is 4.79 Å². The van der Waals surface area contributed by atoms with Gasteiger partial charge in [0.05, 0.1) is 6.04 Å². The molecule has 0 aliphatic heterocycles. The highest BCUT2D eigenvalue weighted by atomic mass is 16.2. The van der Waals surface area contributed by atoms with E-state index in [1.807, 2.05) is 13.1 Å². The average Bonchev–Trinajstić information content (AvgIpc) is 2.93. The van der Waals surface area contributed by atoms with Gasteiger partial charge in [0, 0.05) is 13.6 Å². The van der Waals surface area contributed by atoms with Gasteiger partial charge in [-0.3, -0.25) is 0 Å². The maximum absolute atomic E-state index is 12.5. The predicted octanol–water partition coefficient (Wildman–Crippen LogP) is 4.13. The summed E-state index contributed by atoms with van der Waals surface area (Å²) in [6.45, 7) is 4.82. The van der Waals surface area contributed by atoms with Crippen molar-refractivity contribution in [3.8, 4) is 0 Å². The van der Waals surface area contributed by atoms with Crippen molar-refractivity contribution in [3.05, 3.63) is 70.3 Å². The van der Waals surface area contributed by atoms with Gasteiger partial charge in [-0.15, -0.1) is 0 Å². The molecule has 0 saturated heterocycles. The zero-order valence-electron chi connectivity index (χ0n) is 14.1. The lowest BCUT2D eigenvalue weighted by atomic mass is 10.1. The standard InChI is InChI=1S/C20H24N2O/c1-14-8-9-17(15(2)12-14)13-22(3)20(23)21-19-11-10-16-6-4-5-7-18(16)19/h4-9,12,19H,10-11,13H2,1-3H3,(H,21,23)/t19-/m1/s1. The number of amides is 2. The quantitative estimate of drug-likeness (QED) is 0.908. The Bertz CT molecular complexity index is 723. The number of hydrogen-bond acceptors (Lipinski definition) is 1. The van der Waals surface area contributed by atoms with E-state index in [4.69, 9.17) is 0 Å². The molecule has 0 heterocycles. The Morgan fingerprint density at radius 1 is 1.22 bits per heavy atom. The van der Waals surface area contributed by atoms with Crippen LogP contribution in [0.1, 0.15) is 40.3 Å². The minimum Gasteiger partial charge on any atom is -0.331 e. The van der Waals surface area contributed by atoms with E-state index >= 15 is 0 Å². The fraction of sp³-hybridized carbons (Fsp3) is 0.350. The highest BCUT2D eigenvalue weighted by Gasteiger charge is 2.24. The molecule has 0 aromatic heterocycles. The van der Waals surface area contributed by atoms with Crippen LogP contribution in [0.5, 0.6) is 0 Å². The van der Waals surface area contributed by atoms with E-state index in [1.54, 1.807) is 4.90 Å². The Morgan fingerprint density at radius 2 is 2.00 bits per heavy atom. The second kappa shape index (κ2) is 6.45. The number of nitrogens with one attached hydrogen (secondary N) is 1. The number of aryl methyl sites for hydroxylation is 3. The molecule has 1 atom stereocenters. The highest BCUT2D eigenvalue weighted by Crippen LogP contribution is 2.30. The van der Waals surface area contributed by atoms with Gasteiger partial charge in [0.2, 0.25) is 0 Å². The van der Waals surface area contributed by atoms with Crippen molar-refractivity contribution >= 4 is 6.03 Å². The molecule has 2 amide bonds. The number of carbonyl (C=O) groups excluding carboxylic acids is 1. The molecule has 3 heteroatoms. The average molecular weight is 308 g/mol. The smallest absolute Gasteiger partial charge is 0.317 e. The van der Waals surface area contributed by atoms with E-state index in [1.165, 1.54) is 27.8 Å². The van der Waals surface area contributed by atoms with Crippen LogP contribution in [0.4, 0.5) is 4.79 Å². The maximum atomic E-state index is 12.5. The van der Waals surface area contributed by atoms with E-state index in [0.29, 0.717) is 6.54 Å². The molecule has 1 N–H and O–H groups in total. The number of carbonyl (C=O) groups is 1. The van der Waals surface area contributed by atoms with Crippen LogP contribution in [0.25, 0.3) is 0 Å². The minimum absolute atomic E-state index is 0.00771. The number of fused-ring (bicyclic) bond motifs is 1. The monoisotopic (exact) mass is 308 g/mol. The van der Waals surface area contributed by atoms with Gasteiger partial charge in [0.15, 0.2) is 0 Å². The zero-order valence-corrected chi connectivity index (χ0v) is 14.1. The molecule has 2 aromatic carbocycles. The molecule has 3 nitrogen and oxygen atoms in total. The molecule has 2 aromatic rings. The van der Waals surface area contributed by atoms with Gasteiger partial charge in [-0.1, -0.05) is 48.0 Å². The maximum Gasteiger partial charge on any atom is 0.317 e. The van der Waals surface area contributed by atoms with Crippen molar-refractivity contribution in [2.24, 2.45) is 0 Å². The molecule has 0 saturated carbocycles. The van der Waals surface area contributed by atoms with Crippen LogP contribution in [0, 0.1) is 13.8 Å². The van der Waals surface area contributed by atoms with E-state index in [0.717, 1.165) is 12.8 Å². The SMILES string of the molecule is Cc1ccc(CN(C)C(=O)N[C@@H]2CCc3ccccc32)c(C)c1. The van der Waals surface area contributed by atoms with E-state index in [9.17, 15) is 4.79 Å². The van der Waals surface area contributed by atoms with Crippen molar-refractivity contribution < 1.29 is 4.79 Å². The van der Waals surface area contributed by atoms with Crippen molar-refractivity contribution in [2.75, 3.05) is 7.05 Å². The van der Waals surface area contributed by atoms with Gasteiger partial charge in [-0.05, 0) is 48.9 Å². The lowest BCUT2D eigenvalue weighted by molar-refractivity contribution is 0.202. The summed E-state index contributed by atoms with van der Waals surface area (Å²) >= 11 is 0. The summed E-state index contributed by atoms with van der Waals surface area (Å²) in [6.07, 6.45) is 2.03. The summed E-state index contributed by atoms with van der Waals surface area (Å²) in [5.74, 6) is 0. The van der Waals surface area contributed by atoms with Crippen LogP contribution in [-0.2, 0) is 13.0 Å². The topological polar surface area (TPSA) is 32.3 Å². The first-order valence-corrected chi connectivity index (χ1v) is 8.20. The fourth-order valence-corrected chi connectivity index (χ4v) is 3.32. The number of urea groups is 1. The molecular weight excluding hydrogens is 284 g/mol. The molecule has 0 radical (unpaired) electrons. The van der Waals surface area contributed by atoms with Gasteiger partial charge < -0.3 is 10.2 Å². The number of nitrogens with zero attached hydrogens (tertiary/aromatic N) is 1. The van der Waals surface area contributed by atoms with Gasteiger partial charge in [-0.2, -0.15) is 0 Å². The minimum atomic E-state index is -0.00771. The Labute approximate surface area is 138 Å². The lowest BCUT2D eigenvalue weighted by Crippen LogP contribution is -2.38. The third kappa shape index (κ3) is 3.39. The van der Waals surface area contributed by atoms with Crippen LogP contribution < -0.4 is 5.32 Å². The van der Waals surface area contributed by atoms with Crippen LogP contribution in [0.3, 0.4) is 0 Å². The van der Waals surface area contributed by atoms with Crippen LogP contribution >= 0.6 is 0 Å². The summed E-state index contributed by atoms with van der Waals surface area (Å²) in [7, 11) is 1.86. The molecule has 0 bridgehead atoms. The Balaban J connectivity index is 1.64. The molecule has 1 aliphatic rings. The van der Waals surface area contributed by atoms with Crippen LogP contribution in [0.2, 0.25) is 0 Å². The molecule has 0 fully saturated rings. The highest BCUT2D eigenvalue weighted by molar-refractivity contribution is 5.74. The third-order valence-corrected chi connectivity index (χ3v) is 4.68. The van der Waals surface area contributed by atoms with Gasteiger partial charge in [0.25, 0.3) is 0 Å². The molecule has 0 unspecified atom stereocenters. The largest absolute Gasteiger partial charge is 0.331 e. The summed E-state index contributed by atoms with van der Waals surface area (Å²) < 4.78 is 0. The van der Waals surface area contributed by atoms with Crippen molar-refractivity contribution in [1.29, 1.82) is 0 Å². The van der Waals surface area contributed by atoms with Crippen molar-refractivity contribution in [3.63, 3.8) is 0 Å². The first-order valence-electron chi connectivity index (χ1n) is 8.20. The number of rotatable bonds is 3. The van der Waals surface area contributed by atoms with Gasteiger partial charge in [0.1, 0.15) is 0 Å². The Kier molecular flexibility index (Phi) is 4.37. The second-order valence-corrected chi connectivity index (χ2v) is 6.53. The Hall–Kier alpha value is -2.29. The Morgan fingerprint density at radius 3 is 2.78 bits per heavy atom. The molecular formula is C20H24N2O. The van der Waals surface area contributed by atoms with E-state index in [2.05, 4.69) is 55.6 Å². The first kappa shape index (κ1) is 15.6. The number of benzene rings is 2. The normalized spacial score (nSPS) is 16.0. The second-order valence-electron chi connectivity index (χ2n) is 6.53. The molecule has 0 spiro atoms. The van der Waals surface area contributed by atoms with Gasteiger partial charge >= 0.3 is 6.03 Å². The molecule has 23 heavy (non-hydrogen) atoms. The summed E-state index contributed by atoms with van der Waals surface area (Å²) in [4.78, 5) is 14.3. The fourth-order valence-electron chi connectivity index (χ4n) is 3.32. The summed E-state index contributed by atoms with van der Waals surface area (Å²) in [5.41, 5.74) is 6.30. The molecule has 1 aliphatic carbocycles. The summed E-state index contributed by atoms with van der Waals surface area (Å²) in [6, 6.07) is 14.9. The van der Waals surface area contributed by atoms with E-state index in [-0.39, 0.29) is 12.1 Å². The molecule has 3 rings (SSSR count). The van der Waals surface area contributed by atoms with Crippen LogP contribution in [-0.4, -0.2) is 18.0 Å². The predicted molar refractivity (Wildman–Crippen MR) is 93.4 cm³/mol. The van der Waals surface area contributed by atoms with Crippen molar-refractivity contribution in [2.45, 2.75) is 39.3 Å². The van der Waals surface area contributed by atoms with E-state index < -0.39 is 0 Å². The zero-order chi connectivity index (χ0) is 16.4. The number of hydrogen-bond donors (Lipinski definition) is 1. The summed E-state index contributed by atoms with van der Waals surface area (Å²) in [5, 5.41) is 3.17. The first-order chi connectivity index (χ1) is 11.0. The lowest BCUT2D eigenvalue weighted by Gasteiger charge is -2.22. The van der Waals surface area contributed by atoms with Crippen LogP contribution in [0.15, 0.2) is 42.5 Å². The van der Waals surface area contributed by atoms with Crippen molar-refractivity contribution in [1.82, 2.24) is 10.2 Å².